The van der Waals surface area contributed by atoms with Crippen molar-refractivity contribution in [2.75, 3.05) is 58.9 Å². The highest BCUT2D eigenvalue weighted by molar-refractivity contribution is 5.21. The van der Waals surface area contributed by atoms with Crippen LogP contribution in [0.4, 0.5) is 0 Å². The summed E-state index contributed by atoms with van der Waals surface area (Å²) in [6, 6.07) is 0. The second-order valence-electron chi connectivity index (χ2n) is 11.2. The van der Waals surface area contributed by atoms with E-state index >= 15 is 0 Å². The van der Waals surface area contributed by atoms with E-state index in [4.69, 9.17) is 0 Å². The minimum absolute atomic E-state index is 0.234. The molecule has 0 aromatic heterocycles. The standard InChI is InChI=1S/C28H48N4/c1-7-12-25(8-2)30-17-15-29(16-18-30)24-27(3,4)23-28(5,6)32-21-19-31(20-22-32)26-13-10-9-11-14-26/h7-8,10,12-14H,9,11,15-24H2,1-6H3/b12-7-,25-8+. The van der Waals surface area contributed by atoms with Crippen molar-refractivity contribution in [3.63, 3.8) is 0 Å². The highest BCUT2D eigenvalue weighted by atomic mass is 15.3. The zero-order valence-corrected chi connectivity index (χ0v) is 21.7. The van der Waals surface area contributed by atoms with E-state index in [1.807, 2.05) is 0 Å². The van der Waals surface area contributed by atoms with Crippen LogP contribution >= 0.6 is 0 Å². The molecule has 4 heteroatoms. The SMILES string of the molecule is C/C=C\C(=C/C)N1CCN(CC(C)(C)CC(C)(C)N2CCN(C3=CCCC=C3)CC2)CC1. The van der Waals surface area contributed by atoms with Gasteiger partial charge >= 0.3 is 0 Å². The molecule has 0 saturated carbocycles. The molecule has 4 nitrogen and oxygen atoms in total. The summed E-state index contributed by atoms with van der Waals surface area (Å²) in [7, 11) is 0. The van der Waals surface area contributed by atoms with Crippen molar-refractivity contribution in [1.82, 2.24) is 19.6 Å². The van der Waals surface area contributed by atoms with Gasteiger partial charge in [0, 0.05) is 75.8 Å². The summed E-state index contributed by atoms with van der Waals surface area (Å²) in [5.41, 5.74) is 3.36. The Hall–Kier alpha value is -1.52. The van der Waals surface area contributed by atoms with Crippen molar-refractivity contribution in [2.45, 2.75) is 66.3 Å². The molecular formula is C28H48N4. The van der Waals surface area contributed by atoms with Crippen molar-refractivity contribution in [1.29, 1.82) is 0 Å². The number of nitrogens with zero attached hydrogens (tertiary/aromatic N) is 4. The Morgan fingerprint density at radius 1 is 0.906 bits per heavy atom. The molecule has 0 radical (unpaired) electrons. The summed E-state index contributed by atoms with van der Waals surface area (Å²) in [5.74, 6) is 0. The number of piperazine rings is 2. The van der Waals surface area contributed by atoms with Crippen LogP contribution in [0.5, 0.6) is 0 Å². The summed E-state index contributed by atoms with van der Waals surface area (Å²) in [4.78, 5) is 10.5. The Kier molecular flexibility index (Phi) is 8.68. The zero-order chi connectivity index (χ0) is 23.2. The Labute approximate surface area is 198 Å². The molecule has 2 fully saturated rings. The Balaban J connectivity index is 1.48. The van der Waals surface area contributed by atoms with Gasteiger partial charge in [0.15, 0.2) is 0 Å². The first-order valence-electron chi connectivity index (χ1n) is 12.9. The second kappa shape index (κ2) is 11.1. The third-order valence-corrected chi connectivity index (χ3v) is 7.41. The summed E-state index contributed by atoms with van der Waals surface area (Å²) in [6.07, 6.45) is 17.3. The van der Waals surface area contributed by atoms with E-state index in [0.717, 1.165) is 26.2 Å². The fraction of sp³-hybridized carbons (Fsp3) is 0.714. The van der Waals surface area contributed by atoms with Crippen LogP contribution in [-0.4, -0.2) is 84.0 Å². The van der Waals surface area contributed by atoms with Gasteiger partial charge in [-0.05, 0) is 64.5 Å². The Morgan fingerprint density at radius 3 is 2.16 bits per heavy atom. The molecule has 32 heavy (non-hydrogen) atoms. The van der Waals surface area contributed by atoms with E-state index < -0.39 is 0 Å². The molecule has 0 aromatic carbocycles. The zero-order valence-electron chi connectivity index (χ0n) is 21.7. The Bertz CT molecular complexity index is 712. The number of hydrogen-bond acceptors (Lipinski definition) is 4. The normalized spacial score (nSPS) is 22.7. The summed E-state index contributed by atoms with van der Waals surface area (Å²) in [6.45, 7) is 24.6. The third kappa shape index (κ3) is 6.74. The van der Waals surface area contributed by atoms with Crippen molar-refractivity contribution >= 4 is 0 Å². The molecule has 1 aliphatic carbocycles. The molecule has 0 amide bonds. The van der Waals surface area contributed by atoms with Crippen LogP contribution in [-0.2, 0) is 0 Å². The summed E-state index contributed by atoms with van der Waals surface area (Å²) >= 11 is 0. The van der Waals surface area contributed by atoms with Gasteiger partial charge in [0.1, 0.15) is 0 Å². The third-order valence-electron chi connectivity index (χ3n) is 7.41. The van der Waals surface area contributed by atoms with E-state index in [1.54, 1.807) is 0 Å². The molecule has 0 bridgehead atoms. The molecule has 0 spiro atoms. The smallest absolute Gasteiger partial charge is 0.0323 e. The van der Waals surface area contributed by atoms with Gasteiger partial charge in [-0.3, -0.25) is 9.80 Å². The number of hydrogen-bond donors (Lipinski definition) is 0. The first kappa shape index (κ1) is 25.1. The lowest BCUT2D eigenvalue weighted by atomic mass is 9.78. The van der Waals surface area contributed by atoms with Crippen molar-refractivity contribution in [2.24, 2.45) is 5.41 Å². The van der Waals surface area contributed by atoms with Crippen LogP contribution < -0.4 is 0 Å². The number of allylic oxidation sites excluding steroid dienone is 6. The average Bonchev–Trinajstić information content (AvgIpc) is 2.78. The van der Waals surface area contributed by atoms with Gasteiger partial charge in [-0.1, -0.05) is 38.2 Å². The van der Waals surface area contributed by atoms with Gasteiger partial charge in [-0.25, -0.2) is 0 Å². The van der Waals surface area contributed by atoms with E-state index in [1.165, 1.54) is 63.4 Å². The van der Waals surface area contributed by atoms with E-state index in [0.29, 0.717) is 5.41 Å². The van der Waals surface area contributed by atoms with Gasteiger partial charge in [-0.2, -0.15) is 0 Å². The first-order chi connectivity index (χ1) is 15.2. The average molecular weight is 441 g/mol. The maximum atomic E-state index is 2.74. The predicted octanol–water partition coefficient (Wildman–Crippen LogP) is 5.13. The lowest BCUT2D eigenvalue weighted by Crippen LogP contribution is -2.56. The molecule has 3 aliphatic rings. The van der Waals surface area contributed by atoms with Crippen molar-refractivity contribution < 1.29 is 0 Å². The maximum Gasteiger partial charge on any atom is 0.0323 e. The quantitative estimate of drug-likeness (QED) is 0.485. The van der Waals surface area contributed by atoms with Crippen LogP contribution in [0.2, 0.25) is 0 Å². The lowest BCUT2D eigenvalue weighted by molar-refractivity contribution is 0.0208. The topological polar surface area (TPSA) is 13.0 Å². The summed E-state index contributed by atoms with van der Waals surface area (Å²) in [5, 5.41) is 0. The van der Waals surface area contributed by atoms with Crippen molar-refractivity contribution in [3.05, 3.63) is 47.9 Å². The molecule has 0 unspecified atom stereocenters. The minimum atomic E-state index is 0.234. The largest absolute Gasteiger partial charge is 0.369 e. The van der Waals surface area contributed by atoms with Gasteiger partial charge in [-0.15, -0.1) is 0 Å². The monoisotopic (exact) mass is 440 g/mol. The molecule has 3 rings (SSSR count). The van der Waals surface area contributed by atoms with Gasteiger partial charge in [0.25, 0.3) is 0 Å². The highest BCUT2D eigenvalue weighted by Crippen LogP contribution is 2.34. The molecule has 0 atom stereocenters. The molecule has 180 valence electrons. The summed E-state index contributed by atoms with van der Waals surface area (Å²) < 4.78 is 0. The van der Waals surface area contributed by atoms with E-state index in [9.17, 15) is 0 Å². The second-order valence-corrected chi connectivity index (χ2v) is 11.2. The molecule has 2 aliphatic heterocycles. The molecule has 0 aromatic rings. The number of rotatable bonds is 8. The first-order valence-corrected chi connectivity index (χ1v) is 12.9. The van der Waals surface area contributed by atoms with Crippen molar-refractivity contribution in [3.8, 4) is 0 Å². The van der Waals surface area contributed by atoms with Crippen LogP contribution in [0.1, 0.15) is 60.8 Å². The van der Waals surface area contributed by atoms with Gasteiger partial charge in [0.05, 0.1) is 0 Å². The molecule has 2 saturated heterocycles. The Morgan fingerprint density at radius 2 is 1.59 bits per heavy atom. The lowest BCUT2D eigenvalue weighted by Gasteiger charge is -2.49. The van der Waals surface area contributed by atoms with Gasteiger partial charge < -0.3 is 9.80 Å². The minimum Gasteiger partial charge on any atom is -0.369 e. The predicted molar refractivity (Wildman–Crippen MR) is 139 cm³/mol. The fourth-order valence-electron chi connectivity index (χ4n) is 6.07. The molecule has 0 N–H and O–H groups in total. The van der Waals surface area contributed by atoms with Crippen LogP contribution in [0.25, 0.3) is 0 Å². The molecule has 2 heterocycles. The van der Waals surface area contributed by atoms with E-state index in [2.05, 4.69) is 97.6 Å². The molecular weight excluding hydrogens is 392 g/mol. The van der Waals surface area contributed by atoms with Crippen LogP contribution in [0.3, 0.4) is 0 Å². The van der Waals surface area contributed by atoms with Crippen LogP contribution in [0, 0.1) is 5.41 Å². The van der Waals surface area contributed by atoms with Crippen LogP contribution in [0.15, 0.2) is 47.9 Å². The fourth-order valence-corrected chi connectivity index (χ4v) is 6.07. The highest BCUT2D eigenvalue weighted by Gasteiger charge is 2.36. The van der Waals surface area contributed by atoms with Gasteiger partial charge in [0.2, 0.25) is 0 Å². The van der Waals surface area contributed by atoms with E-state index in [-0.39, 0.29) is 5.54 Å². The maximum absolute atomic E-state index is 2.74.